The molecule has 0 aromatic heterocycles. The summed E-state index contributed by atoms with van der Waals surface area (Å²) in [6.45, 7) is 6.44. The summed E-state index contributed by atoms with van der Waals surface area (Å²) in [7, 11) is 0. The molecule has 1 nitrogen and oxygen atoms in total. The maximum Gasteiger partial charge on any atom is 0.00379 e. The molecule has 0 spiro atoms. The first-order valence-electron chi connectivity index (χ1n) is 7.60. The van der Waals surface area contributed by atoms with Gasteiger partial charge in [0.2, 0.25) is 0 Å². The summed E-state index contributed by atoms with van der Waals surface area (Å²) in [6.07, 6.45) is 15.3. The summed E-state index contributed by atoms with van der Waals surface area (Å²) in [4.78, 5) is 0. The van der Waals surface area contributed by atoms with Gasteiger partial charge in [0.15, 0.2) is 0 Å². The Hall–Kier alpha value is -0.460. The third kappa shape index (κ3) is 11.8. The summed E-state index contributed by atoms with van der Waals surface area (Å²) in [5.74, 6) is 0. The van der Waals surface area contributed by atoms with Crippen molar-refractivity contribution in [3.8, 4) is 0 Å². The van der Waals surface area contributed by atoms with Crippen molar-refractivity contribution in [1.29, 1.82) is 0 Å². The molecule has 2 N–H and O–H groups in total. The molecule has 0 unspecified atom stereocenters. The second-order valence-corrected chi connectivity index (χ2v) is 5.40. The van der Waals surface area contributed by atoms with Crippen LogP contribution in [0.15, 0.2) is 11.3 Å². The van der Waals surface area contributed by atoms with E-state index in [-0.39, 0.29) is 0 Å². The zero-order chi connectivity index (χ0) is 12.9. The molecule has 0 aromatic rings. The summed E-state index contributed by atoms with van der Waals surface area (Å²) >= 11 is 0. The fourth-order valence-electron chi connectivity index (χ4n) is 2.07. The van der Waals surface area contributed by atoms with Crippen LogP contribution in [-0.4, -0.2) is 0 Å². The summed E-state index contributed by atoms with van der Waals surface area (Å²) in [6, 6.07) is 0. The number of hydrogen-bond acceptors (Lipinski definition) is 1. The summed E-state index contributed by atoms with van der Waals surface area (Å²) in [5, 5.41) is 0. The van der Waals surface area contributed by atoms with Crippen molar-refractivity contribution < 1.29 is 0 Å². The van der Waals surface area contributed by atoms with E-state index in [2.05, 4.69) is 13.8 Å². The van der Waals surface area contributed by atoms with Gasteiger partial charge in [-0.1, -0.05) is 70.3 Å². The van der Waals surface area contributed by atoms with Crippen LogP contribution in [0.3, 0.4) is 0 Å². The van der Waals surface area contributed by atoms with Crippen molar-refractivity contribution in [2.75, 3.05) is 0 Å². The Labute approximate surface area is 109 Å². The average Bonchev–Trinajstić information content (AvgIpc) is 2.31. The largest absolute Gasteiger partial charge is 0.402 e. The minimum Gasteiger partial charge on any atom is -0.402 e. The zero-order valence-electron chi connectivity index (χ0n) is 12.4. The topological polar surface area (TPSA) is 26.0 Å². The van der Waals surface area contributed by atoms with E-state index >= 15 is 0 Å². The first-order valence-corrected chi connectivity index (χ1v) is 7.60. The van der Waals surface area contributed by atoms with Crippen LogP contribution >= 0.6 is 0 Å². The fourth-order valence-corrected chi connectivity index (χ4v) is 2.07. The molecule has 0 aliphatic heterocycles. The molecule has 0 radical (unpaired) electrons. The van der Waals surface area contributed by atoms with Gasteiger partial charge in [-0.3, -0.25) is 0 Å². The lowest BCUT2D eigenvalue weighted by atomic mass is 10.0. The quantitative estimate of drug-likeness (QED) is 0.470. The highest BCUT2D eigenvalue weighted by atomic mass is 14.6. The van der Waals surface area contributed by atoms with Gasteiger partial charge in [0.05, 0.1) is 0 Å². The molecule has 0 saturated heterocycles. The highest BCUT2D eigenvalue weighted by Crippen LogP contribution is 2.14. The van der Waals surface area contributed by atoms with Gasteiger partial charge in [0.1, 0.15) is 0 Å². The Morgan fingerprint density at radius 2 is 1.12 bits per heavy atom. The highest BCUT2D eigenvalue weighted by Gasteiger charge is 1.95. The maximum absolute atomic E-state index is 5.74. The Morgan fingerprint density at radius 3 is 1.53 bits per heavy atom. The smallest absolute Gasteiger partial charge is 0.00379 e. The van der Waals surface area contributed by atoms with Crippen LogP contribution in [0.2, 0.25) is 0 Å². The maximum atomic E-state index is 5.74. The zero-order valence-corrected chi connectivity index (χ0v) is 12.4. The molecule has 0 aliphatic rings. The third-order valence-electron chi connectivity index (χ3n) is 3.58. The summed E-state index contributed by atoms with van der Waals surface area (Å²) in [5.41, 5.74) is 8.13. The van der Waals surface area contributed by atoms with Crippen LogP contribution < -0.4 is 5.73 Å². The third-order valence-corrected chi connectivity index (χ3v) is 3.58. The lowest BCUT2D eigenvalue weighted by Crippen LogP contribution is -1.95. The number of hydrogen-bond donors (Lipinski definition) is 1. The van der Waals surface area contributed by atoms with Crippen molar-refractivity contribution in [3.05, 3.63) is 11.3 Å². The molecule has 1 heteroatoms. The minimum atomic E-state index is 1.01. The SMILES string of the molecule is CCCCCCCCCCCCC(C)=C(C)N. The Morgan fingerprint density at radius 1 is 0.706 bits per heavy atom. The predicted molar refractivity (Wildman–Crippen MR) is 79.0 cm³/mol. The first kappa shape index (κ1) is 16.5. The molecular weight excluding hydrogens is 206 g/mol. The van der Waals surface area contributed by atoms with Crippen molar-refractivity contribution in [2.24, 2.45) is 5.73 Å². The monoisotopic (exact) mass is 239 g/mol. The second kappa shape index (κ2) is 12.0. The van der Waals surface area contributed by atoms with Gasteiger partial charge in [0.25, 0.3) is 0 Å². The van der Waals surface area contributed by atoms with E-state index in [1.54, 1.807) is 0 Å². The van der Waals surface area contributed by atoms with E-state index in [1.807, 2.05) is 6.92 Å². The van der Waals surface area contributed by atoms with E-state index in [0.717, 1.165) is 5.70 Å². The Kier molecular flexibility index (Phi) is 11.7. The minimum absolute atomic E-state index is 1.01. The van der Waals surface area contributed by atoms with E-state index in [9.17, 15) is 0 Å². The summed E-state index contributed by atoms with van der Waals surface area (Å²) < 4.78 is 0. The molecule has 0 aliphatic carbocycles. The van der Waals surface area contributed by atoms with E-state index in [0.29, 0.717) is 0 Å². The average molecular weight is 239 g/mol. The fraction of sp³-hybridized carbons (Fsp3) is 0.875. The van der Waals surface area contributed by atoms with Crippen LogP contribution in [0.25, 0.3) is 0 Å². The van der Waals surface area contributed by atoms with Gasteiger partial charge in [0, 0.05) is 5.70 Å². The molecule has 0 atom stereocenters. The van der Waals surface area contributed by atoms with E-state index < -0.39 is 0 Å². The van der Waals surface area contributed by atoms with E-state index in [1.165, 1.54) is 76.2 Å². The van der Waals surface area contributed by atoms with Crippen LogP contribution in [0.5, 0.6) is 0 Å². The van der Waals surface area contributed by atoms with Gasteiger partial charge in [-0.05, 0) is 26.7 Å². The van der Waals surface area contributed by atoms with Crippen LogP contribution in [0, 0.1) is 0 Å². The molecule has 0 aromatic carbocycles. The predicted octanol–water partition coefficient (Wildman–Crippen LogP) is 5.55. The Bertz CT molecular complexity index is 190. The molecule has 0 amide bonds. The molecule has 0 bridgehead atoms. The molecule has 0 heterocycles. The molecule has 102 valence electrons. The standard InChI is InChI=1S/C16H33N/c1-4-5-6-7-8-9-10-11-12-13-14-15(2)16(3)17/h4-14,17H2,1-3H3. The molecule has 17 heavy (non-hydrogen) atoms. The van der Waals surface area contributed by atoms with Crippen molar-refractivity contribution in [2.45, 2.75) is 91.4 Å². The van der Waals surface area contributed by atoms with Crippen molar-refractivity contribution in [1.82, 2.24) is 0 Å². The Balaban J connectivity index is 3.11. The van der Waals surface area contributed by atoms with Gasteiger partial charge in [-0.2, -0.15) is 0 Å². The first-order chi connectivity index (χ1) is 8.18. The van der Waals surface area contributed by atoms with E-state index in [4.69, 9.17) is 5.73 Å². The number of rotatable bonds is 11. The number of nitrogens with two attached hydrogens (primary N) is 1. The highest BCUT2D eigenvalue weighted by molar-refractivity contribution is 5.04. The molecular formula is C16H33N. The molecule has 0 rings (SSSR count). The van der Waals surface area contributed by atoms with Crippen LogP contribution in [-0.2, 0) is 0 Å². The molecule has 0 saturated carbocycles. The second-order valence-electron chi connectivity index (χ2n) is 5.40. The van der Waals surface area contributed by atoms with Crippen LogP contribution in [0.1, 0.15) is 91.4 Å². The lowest BCUT2D eigenvalue weighted by Gasteiger charge is -2.04. The number of allylic oxidation sites excluding steroid dienone is 2. The van der Waals surface area contributed by atoms with Gasteiger partial charge < -0.3 is 5.73 Å². The van der Waals surface area contributed by atoms with Crippen LogP contribution in [0.4, 0.5) is 0 Å². The van der Waals surface area contributed by atoms with Gasteiger partial charge >= 0.3 is 0 Å². The lowest BCUT2D eigenvalue weighted by molar-refractivity contribution is 0.555. The number of unbranched alkanes of at least 4 members (excludes halogenated alkanes) is 9. The molecule has 0 fully saturated rings. The van der Waals surface area contributed by atoms with Gasteiger partial charge in [-0.15, -0.1) is 0 Å². The van der Waals surface area contributed by atoms with Gasteiger partial charge in [-0.25, -0.2) is 0 Å². The normalized spacial score (nSPS) is 12.6. The van der Waals surface area contributed by atoms with Crippen molar-refractivity contribution in [3.63, 3.8) is 0 Å². The van der Waals surface area contributed by atoms with Crippen molar-refractivity contribution >= 4 is 0 Å².